The Bertz CT molecular complexity index is 332. The van der Waals surface area contributed by atoms with Gasteiger partial charge in [0, 0.05) is 12.3 Å². The molecule has 0 amide bonds. The van der Waals surface area contributed by atoms with E-state index in [-0.39, 0.29) is 11.9 Å². The molecule has 0 saturated carbocycles. The van der Waals surface area contributed by atoms with E-state index in [1.165, 1.54) is 12.4 Å². The lowest BCUT2D eigenvalue weighted by Gasteiger charge is -2.14. The van der Waals surface area contributed by atoms with Crippen molar-refractivity contribution >= 4 is 7.32 Å². The summed E-state index contributed by atoms with van der Waals surface area (Å²) < 4.78 is 10.1. The molecule has 0 saturated heterocycles. The number of hydrogen-bond donors (Lipinski definition) is 2. The van der Waals surface area contributed by atoms with Gasteiger partial charge in [-0.25, -0.2) is 0 Å². The third kappa shape index (κ3) is 3.61. The van der Waals surface area contributed by atoms with Gasteiger partial charge in [0.2, 0.25) is 0 Å². The molecule has 15 heavy (non-hydrogen) atoms. The second-order valence-electron chi connectivity index (χ2n) is 2.83. The first-order valence-electron chi connectivity index (χ1n) is 4.39. The SMILES string of the molecule is C=CC(C)Oc1ccncc1OB(O)O. The Morgan fingerprint density at radius 1 is 1.53 bits per heavy atom. The number of nitrogens with zero attached hydrogens (tertiary/aromatic N) is 1. The summed E-state index contributed by atoms with van der Waals surface area (Å²) in [7, 11) is -1.89. The zero-order valence-electron chi connectivity index (χ0n) is 8.33. The van der Waals surface area contributed by atoms with Crippen LogP contribution in [0.2, 0.25) is 0 Å². The maximum atomic E-state index is 8.65. The van der Waals surface area contributed by atoms with Crippen molar-refractivity contribution in [2.75, 3.05) is 0 Å². The summed E-state index contributed by atoms with van der Waals surface area (Å²) in [5, 5.41) is 17.3. The van der Waals surface area contributed by atoms with Crippen molar-refractivity contribution < 1.29 is 19.4 Å². The minimum absolute atomic E-state index is 0.168. The van der Waals surface area contributed by atoms with Crippen LogP contribution in [0.1, 0.15) is 6.92 Å². The first kappa shape index (κ1) is 11.5. The second-order valence-corrected chi connectivity index (χ2v) is 2.83. The molecule has 6 heteroatoms. The third-order valence-electron chi connectivity index (χ3n) is 1.62. The van der Waals surface area contributed by atoms with Crippen LogP contribution >= 0.6 is 0 Å². The molecule has 1 atom stereocenters. The van der Waals surface area contributed by atoms with Gasteiger partial charge in [-0.2, -0.15) is 0 Å². The van der Waals surface area contributed by atoms with E-state index in [2.05, 4.69) is 16.2 Å². The zero-order chi connectivity index (χ0) is 11.3. The normalized spacial score (nSPS) is 11.7. The van der Waals surface area contributed by atoms with Gasteiger partial charge in [-0.1, -0.05) is 12.7 Å². The summed E-state index contributed by atoms with van der Waals surface area (Å²) in [6.45, 7) is 5.37. The van der Waals surface area contributed by atoms with Crippen molar-refractivity contribution in [1.29, 1.82) is 0 Å². The van der Waals surface area contributed by atoms with Crippen LogP contribution in [0.3, 0.4) is 0 Å². The lowest BCUT2D eigenvalue weighted by Crippen LogP contribution is -2.21. The largest absolute Gasteiger partial charge is 0.707 e. The maximum Gasteiger partial charge on any atom is 0.707 e. The number of ether oxygens (including phenoxy) is 1. The van der Waals surface area contributed by atoms with Crippen molar-refractivity contribution in [3.63, 3.8) is 0 Å². The first-order chi connectivity index (χ1) is 7.13. The Hall–Kier alpha value is -1.53. The van der Waals surface area contributed by atoms with Gasteiger partial charge >= 0.3 is 7.32 Å². The topological polar surface area (TPSA) is 71.8 Å². The number of aromatic nitrogens is 1. The molecule has 1 heterocycles. The van der Waals surface area contributed by atoms with Crippen LogP contribution in [-0.2, 0) is 0 Å². The highest BCUT2D eigenvalue weighted by Crippen LogP contribution is 2.26. The highest BCUT2D eigenvalue weighted by atomic mass is 16.6. The number of hydrogen-bond acceptors (Lipinski definition) is 5. The molecule has 5 nitrogen and oxygen atoms in total. The third-order valence-corrected chi connectivity index (χ3v) is 1.62. The van der Waals surface area contributed by atoms with E-state index < -0.39 is 7.32 Å². The van der Waals surface area contributed by atoms with Gasteiger partial charge in [0.25, 0.3) is 0 Å². The quantitative estimate of drug-likeness (QED) is 0.541. The standard InChI is InChI=1S/C9H12BNO4/c1-3-7(2)14-8-4-5-11-6-9(8)15-10(12)13/h3-7,12-13H,1H2,2H3. The summed E-state index contributed by atoms with van der Waals surface area (Å²) in [6.07, 6.45) is 4.26. The Kier molecular flexibility index (Phi) is 4.14. The fourth-order valence-electron chi connectivity index (χ4n) is 0.915. The van der Waals surface area contributed by atoms with Gasteiger partial charge in [0.05, 0.1) is 6.20 Å². The van der Waals surface area contributed by atoms with Gasteiger partial charge in [0.15, 0.2) is 11.5 Å². The molecule has 0 bridgehead atoms. The predicted molar refractivity (Wildman–Crippen MR) is 55.3 cm³/mol. The Balaban J connectivity index is 2.81. The van der Waals surface area contributed by atoms with E-state index in [0.717, 1.165) is 0 Å². The molecule has 0 aliphatic carbocycles. The lowest BCUT2D eigenvalue weighted by atomic mass is 10.2. The minimum Gasteiger partial charge on any atom is -0.508 e. The van der Waals surface area contributed by atoms with Crippen molar-refractivity contribution in [1.82, 2.24) is 4.98 Å². The summed E-state index contributed by atoms with van der Waals surface area (Å²) in [5.74, 6) is 0.548. The van der Waals surface area contributed by atoms with Gasteiger partial charge in [-0.05, 0) is 6.92 Å². The summed E-state index contributed by atoms with van der Waals surface area (Å²) in [5.41, 5.74) is 0. The molecule has 0 aliphatic heterocycles. The van der Waals surface area contributed by atoms with Crippen LogP contribution in [0.4, 0.5) is 0 Å². The van der Waals surface area contributed by atoms with Crippen LogP contribution in [0, 0.1) is 0 Å². The van der Waals surface area contributed by atoms with Crippen LogP contribution < -0.4 is 9.39 Å². The van der Waals surface area contributed by atoms with Crippen LogP contribution in [-0.4, -0.2) is 28.5 Å². The summed E-state index contributed by atoms with van der Waals surface area (Å²) >= 11 is 0. The summed E-state index contributed by atoms with van der Waals surface area (Å²) in [4.78, 5) is 3.78. The molecule has 2 N–H and O–H groups in total. The second kappa shape index (κ2) is 5.38. The van der Waals surface area contributed by atoms with E-state index in [0.29, 0.717) is 5.75 Å². The molecule has 0 radical (unpaired) electrons. The molecule has 1 aromatic rings. The van der Waals surface area contributed by atoms with Gasteiger partial charge in [0.1, 0.15) is 6.10 Å². The fourth-order valence-corrected chi connectivity index (χ4v) is 0.915. The Labute approximate surface area is 88.2 Å². The van der Waals surface area contributed by atoms with Crippen molar-refractivity contribution in [3.8, 4) is 11.5 Å². The van der Waals surface area contributed by atoms with Crippen molar-refractivity contribution in [3.05, 3.63) is 31.1 Å². The van der Waals surface area contributed by atoms with Crippen molar-refractivity contribution in [2.45, 2.75) is 13.0 Å². The van der Waals surface area contributed by atoms with Crippen LogP contribution in [0.15, 0.2) is 31.1 Å². The average molecular weight is 209 g/mol. The number of pyridine rings is 1. The number of rotatable bonds is 5. The van der Waals surface area contributed by atoms with Gasteiger partial charge in [-0.15, -0.1) is 0 Å². The van der Waals surface area contributed by atoms with E-state index in [9.17, 15) is 0 Å². The molecule has 0 aromatic carbocycles. The highest BCUT2D eigenvalue weighted by molar-refractivity contribution is 6.33. The Morgan fingerprint density at radius 2 is 2.27 bits per heavy atom. The average Bonchev–Trinajstić information content (AvgIpc) is 2.20. The molecular weight excluding hydrogens is 197 g/mol. The molecule has 0 spiro atoms. The van der Waals surface area contributed by atoms with Crippen molar-refractivity contribution in [2.24, 2.45) is 0 Å². The molecule has 80 valence electrons. The predicted octanol–water partition coefficient (Wildman–Crippen LogP) is 0.383. The zero-order valence-corrected chi connectivity index (χ0v) is 8.33. The molecule has 1 aromatic heterocycles. The monoisotopic (exact) mass is 209 g/mol. The molecule has 0 aliphatic rings. The smallest absolute Gasteiger partial charge is 0.508 e. The van der Waals surface area contributed by atoms with E-state index in [1.54, 1.807) is 19.1 Å². The minimum atomic E-state index is -1.89. The van der Waals surface area contributed by atoms with E-state index >= 15 is 0 Å². The maximum absolute atomic E-state index is 8.65. The van der Waals surface area contributed by atoms with E-state index in [1.807, 2.05) is 0 Å². The van der Waals surface area contributed by atoms with Crippen LogP contribution in [0.25, 0.3) is 0 Å². The summed E-state index contributed by atoms with van der Waals surface area (Å²) in [6, 6.07) is 1.57. The fraction of sp³-hybridized carbons (Fsp3) is 0.222. The molecule has 0 fully saturated rings. The molecule has 1 rings (SSSR count). The molecular formula is C9H12BNO4. The highest BCUT2D eigenvalue weighted by Gasteiger charge is 2.15. The molecule has 1 unspecified atom stereocenters. The van der Waals surface area contributed by atoms with Gasteiger partial charge in [-0.3, -0.25) is 4.98 Å². The van der Waals surface area contributed by atoms with Gasteiger partial charge < -0.3 is 19.4 Å². The lowest BCUT2D eigenvalue weighted by molar-refractivity contribution is 0.244. The Morgan fingerprint density at radius 3 is 2.87 bits per heavy atom. The van der Waals surface area contributed by atoms with E-state index in [4.69, 9.17) is 14.8 Å². The van der Waals surface area contributed by atoms with Crippen LogP contribution in [0.5, 0.6) is 11.5 Å². The first-order valence-corrected chi connectivity index (χ1v) is 4.39.